The molecule has 0 saturated carbocycles. The number of carbonyl (C=O) groups is 1. The van der Waals surface area contributed by atoms with Crippen LogP contribution in [0, 0.1) is 5.92 Å². The Bertz CT molecular complexity index is 760. The molecular formula is C29H53NO6P+. The molecule has 0 saturated heterocycles. The summed E-state index contributed by atoms with van der Waals surface area (Å²) >= 11 is 0. The molecule has 3 N–H and O–H groups in total. The maximum absolute atomic E-state index is 12.2. The fourth-order valence-corrected chi connectivity index (χ4v) is 5.19. The topological polar surface area (TPSA) is 98.7 Å². The molecule has 0 aliphatic carbocycles. The lowest BCUT2D eigenvalue weighted by Crippen LogP contribution is -2.79. The second kappa shape index (κ2) is 21.7. The number of ketones is 1. The van der Waals surface area contributed by atoms with Gasteiger partial charge in [0.1, 0.15) is 11.5 Å². The highest BCUT2D eigenvalue weighted by Crippen LogP contribution is 2.44. The van der Waals surface area contributed by atoms with Crippen molar-refractivity contribution in [2.75, 3.05) is 33.4 Å². The number of unbranched alkanes of at least 4 members (excludes halogenated alkanes) is 10. The molecule has 1 aromatic carbocycles. The first-order chi connectivity index (χ1) is 17.9. The molecule has 0 spiro atoms. The van der Waals surface area contributed by atoms with Gasteiger partial charge in [-0.2, -0.15) is 0 Å². The van der Waals surface area contributed by atoms with Crippen molar-refractivity contribution in [3.8, 4) is 5.75 Å². The normalized spacial score (nSPS) is 13.8. The summed E-state index contributed by atoms with van der Waals surface area (Å²) in [5.41, 5.74) is 1.01. The fourth-order valence-electron chi connectivity index (χ4n) is 4.35. The van der Waals surface area contributed by atoms with E-state index in [-0.39, 0.29) is 31.3 Å². The van der Waals surface area contributed by atoms with Crippen LogP contribution in [-0.4, -0.2) is 44.1 Å². The molecule has 2 unspecified atom stereocenters. The van der Waals surface area contributed by atoms with Gasteiger partial charge in [0, 0.05) is 12.8 Å². The highest BCUT2D eigenvalue weighted by atomic mass is 31.2. The predicted octanol–water partition coefficient (Wildman–Crippen LogP) is 6.23. The van der Waals surface area contributed by atoms with Crippen LogP contribution in [0.3, 0.4) is 0 Å². The van der Waals surface area contributed by atoms with Crippen LogP contribution in [-0.2, 0) is 24.8 Å². The number of rotatable bonds is 25. The quantitative estimate of drug-likeness (QED) is 0.112. The molecule has 1 rings (SSSR count). The van der Waals surface area contributed by atoms with Crippen LogP contribution < -0.4 is 10.1 Å². The summed E-state index contributed by atoms with van der Waals surface area (Å²) in [6, 6.07) is 7.87. The van der Waals surface area contributed by atoms with Gasteiger partial charge in [0.2, 0.25) is 0 Å². The van der Waals surface area contributed by atoms with E-state index in [2.05, 4.69) is 6.92 Å². The molecule has 37 heavy (non-hydrogen) atoms. The van der Waals surface area contributed by atoms with E-state index in [0.29, 0.717) is 19.4 Å². The lowest BCUT2D eigenvalue weighted by atomic mass is 9.95. The van der Waals surface area contributed by atoms with E-state index >= 15 is 0 Å². The number of carbonyl (C=O) groups excluding carboxylic acids is 1. The van der Waals surface area contributed by atoms with Gasteiger partial charge < -0.3 is 19.7 Å². The third-order valence-electron chi connectivity index (χ3n) is 6.38. The summed E-state index contributed by atoms with van der Waals surface area (Å²) < 4.78 is 28.4. The van der Waals surface area contributed by atoms with Crippen molar-refractivity contribution in [1.82, 2.24) is 0 Å². The summed E-state index contributed by atoms with van der Waals surface area (Å²) in [5, 5.41) is 1.98. The zero-order valence-electron chi connectivity index (χ0n) is 23.6. The van der Waals surface area contributed by atoms with E-state index < -0.39 is 7.82 Å². The second-order valence-electron chi connectivity index (χ2n) is 10.2. The molecule has 1 aromatic rings. The number of ether oxygens (including phenoxy) is 1. The third kappa shape index (κ3) is 19.5. The van der Waals surface area contributed by atoms with Crippen LogP contribution in [0.15, 0.2) is 24.3 Å². The fraction of sp³-hybridized carbons (Fsp3) is 0.759. The number of phosphoric acid groups is 1. The van der Waals surface area contributed by atoms with E-state index in [1.165, 1.54) is 71.1 Å². The van der Waals surface area contributed by atoms with Crippen LogP contribution in [0.25, 0.3) is 0 Å². The minimum Gasteiger partial charge on any atom is -0.494 e. The van der Waals surface area contributed by atoms with Crippen molar-refractivity contribution in [2.45, 2.75) is 104 Å². The summed E-state index contributed by atoms with van der Waals surface area (Å²) in [7, 11) is -2.20. The van der Waals surface area contributed by atoms with Gasteiger partial charge in [0.15, 0.2) is 0 Å². The minimum atomic E-state index is -4.13. The highest BCUT2D eigenvalue weighted by molar-refractivity contribution is 7.47. The van der Waals surface area contributed by atoms with Gasteiger partial charge in [-0.25, -0.2) is 4.57 Å². The summed E-state index contributed by atoms with van der Waals surface area (Å²) in [4.78, 5) is 21.7. The smallest absolute Gasteiger partial charge is 0.472 e. The van der Waals surface area contributed by atoms with Crippen LogP contribution in [0.1, 0.15) is 103 Å². The Morgan fingerprint density at radius 3 is 2.22 bits per heavy atom. The van der Waals surface area contributed by atoms with Gasteiger partial charge in [-0.05, 0) is 43.4 Å². The first-order valence-electron chi connectivity index (χ1n) is 14.5. The summed E-state index contributed by atoms with van der Waals surface area (Å²) in [5.74, 6) is 0.619. The van der Waals surface area contributed by atoms with Gasteiger partial charge in [-0.3, -0.25) is 9.05 Å². The zero-order chi connectivity index (χ0) is 27.2. The number of Topliss-reactive ketones (excluding diaryl/α,β-unsaturated/α-hetero) is 1. The third-order valence-corrected chi connectivity index (χ3v) is 7.36. The van der Waals surface area contributed by atoms with Crippen molar-refractivity contribution >= 4 is 13.6 Å². The molecule has 214 valence electrons. The summed E-state index contributed by atoms with van der Waals surface area (Å²) in [6.07, 6.45) is 15.8. The van der Waals surface area contributed by atoms with Crippen molar-refractivity contribution in [3.63, 3.8) is 0 Å². The van der Waals surface area contributed by atoms with Crippen LogP contribution in [0.5, 0.6) is 5.75 Å². The number of hydrogen-bond acceptors (Lipinski definition) is 5. The Labute approximate surface area is 225 Å². The van der Waals surface area contributed by atoms with Crippen LogP contribution in [0.2, 0.25) is 0 Å². The number of phosphoric ester groups is 1. The molecular weight excluding hydrogens is 489 g/mol. The average molecular weight is 543 g/mol. The molecule has 2 atom stereocenters. The molecule has 0 fully saturated rings. The largest absolute Gasteiger partial charge is 0.494 e. The minimum absolute atomic E-state index is 0.0168. The zero-order valence-corrected chi connectivity index (χ0v) is 24.5. The second-order valence-corrected chi connectivity index (χ2v) is 11.6. The van der Waals surface area contributed by atoms with Gasteiger partial charge in [0.05, 0.1) is 33.4 Å². The Morgan fingerprint density at radius 1 is 0.946 bits per heavy atom. The number of benzene rings is 1. The van der Waals surface area contributed by atoms with Gasteiger partial charge >= 0.3 is 7.82 Å². The molecule has 0 aromatic heterocycles. The molecule has 0 aliphatic heterocycles. The standard InChI is InChI=1S/C29H52NO6P/c1-4-5-6-7-8-9-10-11-12-13-14-20-34-29-18-15-17-27(24-29)23-28(22-26(2)31)25-36-37(32,33)35-21-16-19-30-3/h15,17-18,24,28,30H,4-14,16,19-23,25H2,1-3H3,(H,32,33)/p+1. The monoisotopic (exact) mass is 542 g/mol. The van der Waals surface area contributed by atoms with Crippen LogP contribution in [0.4, 0.5) is 0 Å². The maximum atomic E-state index is 12.2. The first-order valence-corrected chi connectivity index (χ1v) is 16.0. The predicted molar refractivity (Wildman–Crippen MR) is 150 cm³/mol. The molecule has 0 radical (unpaired) electrons. The van der Waals surface area contributed by atoms with Gasteiger partial charge in [0.25, 0.3) is 0 Å². The Kier molecular flexibility index (Phi) is 19.8. The Hall–Kier alpha value is -1.24. The highest BCUT2D eigenvalue weighted by Gasteiger charge is 2.24. The average Bonchev–Trinajstić information content (AvgIpc) is 2.86. The maximum Gasteiger partial charge on any atom is 0.472 e. The van der Waals surface area contributed by atoms with Crippen molar-refractivity contribution in [3.05, 3.63) is 29.8 Å². The SMILES string of the molecule is CCCCCCCCCCCCCOc1cccc(CC(COP(=O)(O)OCCC[NH2+]C)CC(C)=O)c1. The number of nitrogens with two attached hydrogens (primary N) is 1. The van der Waals surface area contributed by atoms with Crippen molar-refractivity contribution in [2.24, 2.45) is 5.92 Å². The molecule has 8 heteroatoms. The van der Waals surface area contributed by atoms with Gasteiger partial charge in [-0.1, -0.05) is 83.3 Å². The first kappa shape index (κ1) is 33.8. The number of quaternary nitrogens is 1. The lowest BCUT2D eigenvalue weighted by Gasteiger charge is -2.19. The van der Waals surface area contributed by atoms with Gasteiger partial charge in [-0.15, -0.1) is 0 Å². The molecule has 0 aliphatic rings. The van der Waals surface area contributed by atoms with E-state index in [9.17, 15) is 14.3 Å². The number of hydrogen-bond donors (Lipinski definition) is 2. The van der Waals surface area contributed by atoms with E-state index in [1.54, 1.807) is 0 Å². The van der Waals surface area contributed by atoms with E-state index in [0.717, 1.165) is 24.3 Å². The Morgan fingerprint density at radius 2 is 1.59 bits per heavy atom. The molecule has 0 amide bonds. The summed E-state index contributed by atoms with van der Waals surface area (Å²) in [6.45, 7) is 5.43. The Balaban J connectivity index is 2.34. The lowest BCUT2D eigenvalue weighted by molar-refractivity contribution is -0.627. The van der Waals surface area contributed by atoms with Crippen molar-refractivity contribution < 1.29 is 33.4 Å². The molecule has 0 heterocycles. The molecule has 0 bridgehead atoms. The molecule has 7 nitrogen and oxygen atoms in total. The van der Waals surface area contributed by atoms with E-state index in [1.807, 2.05) is 36.6 Å². The van der Waals surface area contributed by atoms with Crippen LogP contribution >= 0.6 is 7.82 Å². The van der Waals surface area contributed by atoms with Crippen molar-refractivity contribution in [1.29, 1.82) is 0 Å². The van der Waals surface area contributed by atoms with E-state index in [4.69, 9.17) is 13.8 Å².